The summed E-state index contributed by atoms with van der Waals surface area (Å²) < 4.78 is 65.6. The number of rotatable bonds is 7. The van der Waals surface area contributed by atoms with Crippen LogP contribution in [0.3, 0.4) is 0 Å². The zero-order valence-corrected chi connectivity index (χ0v) is 14.1. The molecule has 0 atom stereocenters. The lowest BCUT2D eigenvalue weighted by Gasteiger charge is -2.12. The normalized spacial score (nSPS) is 11.7. The van der Waals surface area contributed by atoms with Gasteiger partial charge in [0.15, 0.2) is 0 Å². The lowest BCUT2D eigenvalue weighted by atomic mass is 10.3. The number of hydrogen-bond donors (Lipinski definition) is 2. The van der Waals surface area contributed by atoms with E-state index < -0.39 is 34.6 Å². The molecule has 1 rings (SSSR count). The molecule has 8 nitrogen and oxygen atoms in total. The molecule has 2 amide bonds. The number of benzene rings is 1. The van der Waals surface area contributed by atoms with E-state index in [0.29, 0.717) is 0 Å². The standard InChI is InChI=1S/C13H16F3N3O5S/c1-19(2)12(21)8-17-11(20)7-18-25(22,23)10-5-3-9(4-6-10)24-13(14,15)16/h3-6,18H,7-8H2,1-2H3,(H,17,20). The van der Waals surface area contributed by atoms with E-state index in [1.807, 2.05) is 4.72 Å². The molecule has 0 bridgehead atoms. The second kappa shape index (κ2) is 8.16. The van der Waals surface area contributed by atoms with Gasteiger partial charge in [-0.1, -0.05) is 0 Å². The molecule has 0 unspecified atom stereocenters. The van der Waals surface area contributed by atoms with E-state index in [0.717, 1.165) is 24.3 Å². The van der Waals surface area contributed by atoms with Crippen LogP contribution in [0, 0.1) is 0 Å². The van der Waals surface area contributed by atoms with Crippen molar-refractivity contribution in [2.45, 2.75) is 11.3 Å². The average Bonchev–Trinajstić information content (AvgIpc) is 2.49. The Morgan fingerprint density at radius 2 is 1.68 bits per heavy atom. The SMILES string of the molecule is CN(C)C(=O)CNC(=O)CNS(=O)(=O)c1ccc(OC(F)(F)F)cc1. The zero-order chi connectivity index (χ0) is 19.3. The van der Waals surface area contributed by atoms with Gasteiger partial charge in [0.25, 0.3) is 0 Å². The number of sulfonamides is 1. The Hall–Kier alpha value is -2.34. The smallest absolute Gasteiger partial charge is 0.406 e. The van der Waals surface area contributed by atoms with Gasteiger partial charge in [0.1, 0.15) is 5.75 Å². The van der Waals surface area contributed by atoms with Crippen molar-refractivity contribution in [3.63, 3.8) is 0 Å². The van der Waals surface area contributed by atoms with Gasteiger partial charge in [0.05, 0.1) is 18.0 Å². The summed E-state index contributed by atoms with van der Waals surface area (Å²) in [6.07, 6.45) is -4.89. The molecular weight excluding hydrogens is 367 g/mol. The van der Waals surface area contributed by atoms with E-state index in [4.69, 9.17) is 0 Å². The summed E-state index contributed by atoms with van der Waals surface area (Å²) in [4.78, 5) is 23.7. The van der Waals surface area contributed by atoms with Crippen molar-refractivity contribution in [1.82, 2.24) is 14.9 Å². The van der Waals surface area contributed by atoms with Crippen LogP contribution in [0.5, 0.6) is 5.75 Å². The van der Waals surface area contributed by atoms with Crippen molar-refractivity contribution >= 4 is 21.8 Å². The minimum Gasteiger partial charge on any atom is -0.406 e. The Kier molecular flexibility index (Phi) is 6.76. The number of halogens is 3. The summed E-state index contributed by atoms with van der Waals surface area (Å²) >= 11 is 0. The fourth-order valence-corrected chi connectivity index (χ4v) is 2.44. The molecule has 1 aromatic rings. The highest BCUT2D eigenvalue weighted by molar-refractivity contribution is 7.89. The lowest BCUT2D eigenvalue weighted by Crippen LogP contribution is -2.41. The minimum absolute atomic E-state index is 0.295. The van der Waals surface area contributed by atoms with Crippen molar-refractivity contribution in [2.24, 2.45) is 0 Å². The van der Waals surface area contributed by atoms with Crippen LogP contribution in [-0.2, 0) is 19.6 Å². The summed E-state index contributed by atoms with van der Waals surface area (Å²) in [7, 11) is -1.13. The van der Waals surface area contributed by atoms with Crippen LogP contribution in [0.4, 0.5) is 13.2 Å². The molecule has 0 aliphatic rings. The highest BCUT2D eigenvalue weighted by Gasteiger charge is 2.31. The molecule has 12 heteroatoms. The van der Waals surface area contributed by atoms with Crippen molar-refractivity contribution in [2.75, 3.05) is 27.2 Å². The highest BCUT2D eigenvalue weighted by atomic mass is 32.2. The molecule has 0 radical (unpaired) electrons. The predicted molar refractivity (Wildman–Crippen MR) is 80.0 cm³/mol. The summed E-state index contributed by atoms with van der Waals surface area (Å²) in [6.45, 7) is -0.930. The van der Waals surface area contributed by atoms with Crippen molar-refractivity contribution in [3.05, 3.63) is 24.3 Å². The van der Waals surface area contributed by atoms with Crippen LogP contribution < -0.4 is 14.8 Å². The summed E-state index contributed by atoms with van der Waals surface area (Å²) in [5.41, 5.74) is 0. The van der Waals surface area contributed by atoms with Gasteiger partial charge in [-0.15, -0.1) is 13.2 Å². The molecule has 2 N–H and O–H groups in total. The maximum absolute atomic E-state index is 12.0. The Morgan fingerprint density at radius 1 is 1.12 bits per heavy atom. The number of nitrogens with one attached hydrogen (secondary N) is 2. The zero-order valence-electron chi connectivity index (χ0n) is 13.3. The van der Waals surface area contributed by atoms with Crippen LogP contribution in [0.25, 0.3) is 0 Å². The van der Waals surface area contributed by atoms with Gasteiger partial charge in [-0.3, -0.25) is 9.59 Å². The first-order valence-corrected chi connectivity index (χ1v) is 8.21. The van der Waals surface area contributed by atoms with Crippen LogP contribution in [0.15, 0.2) is 29.2 Å². The Labute approximate surface area is 142 Å². The number of nitrogens with zero attached hydrogens (tertiary/aromatic N) is 1. The van der Waals surface area contributed by atoms with Crippen LogP contribution in [-0.4, -0.2) is 58.7 Å². The third-order valence-corrected chi connectivity index (χ3v) is 4.14. The van der Waals surface area contributed by atoms with E-state index in [1.165, 1.54) is 19.0 Å². The molecule has 0 saturated carbocycles. The Bertz CT molecular complexity index is 717. The maximum Gasteiger partial charge on any atom is 0.573 e. The quantitative estimate of drug-likeness (QED) is 0.693. The van der Waals surface area contributed by atoms with Gasteiger partial charge >= 0.3 is 6.36 Å². The van der Waals surface area contributed by atoms with E-state index in [1.54, 1.807) is 0 Å². The highest BCUT2D eigenvalue weighted by Crippen LogP contribution is 2.23. The van der Waals surface area contributed by atoms with Gasteiger partial charge < -0.3 is 15.0 Å². The van der Waals surface area contributed by atoms with E-state index >= 15 is 0 Å². The molecule has 0 aliphatic heterocycles. The van der Waals surface area contributed by atoms with Gasteiger partial charge in [0.2, 0.25) is 21.8 Å². The third-order valence-electron chi connectivity index (χ3n) is 2.73. The average molecular weight is 383 g/mol. The molecule has 0 aliphatic carbocycles. The number of likely N-dealkylation sites (N-methyl/N-ethyl adjacent to an activating group) is 1. The predicted octanol–water partition coefficient (Wildman–Crippen LogP) is 0.0679. The molecule has 0 aromatic heterocycles. The number of carbonyl (C=O) groups excluding carboxylic acids is 2. The molecule has 0 saturated heterocycles. The van der Waals surface area contributed by atoms with E-state index in [-0.39, 0.29) is 17.3 Å². The molecule has 25 heavy (non-hydrogen) atoms. The van der Waals surface area contributed by atoms with Crippen LogP contribution in [0.1, 0.15) is 0 Å². The first-order chi connectivity index (χ1) is 11.4. The summed E-state index contributed by atoms with van der Waals surface area (Å²) in [5.74, 6) is -1.70. The van der Waals surface area contributed by atoms with E-state index in [2.05, 4.69) is 10.1 Å². The fraction of sp³-hybridized carbons (Fsp3) is 0.385. The largest absolute Gasteiger partial charge is 0.573 e. The first kappa shape index (κ1) is 20.7. The third kappa shape index (κ3) is 7.39. The maximum atomic E-state index is 12.0. The van der Waals surface area contributed by atoms with Crippen molar-refractivity contribution < 1.29 is 35.9 Å². The fourth-order valence-electron chi connectivity index (χ4n) is 1.46. The number of alkyl halides is 3. The van der Waals surface area contributed by atoms with Gasteiger partial charge in [-0.05, 0) is 24.3 Å². The van der Waals surface area contributed by atoms with E-state index in [9.17, 15) is 31.2 Å². The van der Waals surface area contributed by atoms with Crippen molar-refractivity contribution in [3.8, 4) is 5.75 Å². The Balaban J connectivity index is 2.60. The summed E-state index contributed by atoms with van der Waals surface area (Å²) in [5, 5.41) is 2.22. The van der Waals surface area contributed by atoms with Crippen LogP contribution >= 0.6 is 0 Å². The molecule has 1 aromatic carbocycles. The summed E-state index contributed by atoms with van der Waals surface area (Å²) in [6, 6.07) is 3.46. The molecule has 0 spiro atoms. The number of hydrogen-bond acceptors (Lipinski definition) is 5. The molecule has 0 fully saturated rings. The van der Waals surface area contributed by atoms with Crippen molar-refractivity contribution in [1.29, 1.82) is 0 Å². The molecular formula is C13H16F3N3O5S. The molecule has 140 valence electrons. The van der Waals surface area contributed by atoms with Gasteiger partial charge in [-0.2, -0.15) is 0 Å². The number of amides is 2. The van der Waals surface area contributed by atoms with Crippen LogP contribution in [0.2, 0.25) is 0 Å². The van der Waals surface area contributed by atoms with Gasteiger partial charge in [0, 0.05) is 14.1 Å². The second-order valence-corrected chi connectivity index (χ2v) is 6.68. The lowest BCUT2D eigenvalue weighted by molar-refractivity contribution is -0.274. The first-order valence-electron chi connectivity index (χ1n) is 6.73. The minimum atomic E-state index is -4.89. The number of carbonyl (C=O) groups is 2. The number of ether oxygens (including phenoxy) is 1. The monoisotopic (exact) mass is 383 g/mol. The topological polar surface area (TPSA) is 105 Å². The van der Waals surface area contributed by atoms with Gasteiger partial charge in [-0.25, -0.2) is 13.1 Å². The molecule has 0 heterocycles. The Morgan fingerprint density at radius 3 is 2.16 bits per heavy atom. The second-order valence-electron chi connectivity index (χ2n) is 4.91.